The van der Waals surface area contributed by atoms with Crippen molar-refractivity contribution in [1.82, 2.24) is 0 Å². The van der Waals surface area contributed by atoms with Crippen LogP contribution in [0.1, 0.15) is 17.1 Å². The van der Waals surface area contributed by atoms with Crippen LogP contribution in [0.4, 0.5) is 0 Å². The predicted octanol–water partition coefficient (Wildman–Crippen LogP) is 3.74. The van der Waals surface area contributed by atoms with Crippen LogP contribution in [0.25, 0.3) is 0 Å². The third-order valence-electron chi connectivity index (χ3n) is 2.03. The van der Waals surface area contributed by atoms with Crippen molar-refractivity contribution >= 4 is 41.3 Å². The highest BCUT2D eigenvalue weighted by Crippen LogP contribution is 2.49. The van der Waals surface area contributed by atoms with Crippen molar-refractivity contribution in [2.75, 3.05) is 10.2 Å². The topological polar surface area (TPSA) is 26.3 Å². The molecule has 0 unspecified atom stereocenters. The van der Waals surface area contributed by atoms with E-state index in [2.05, 4.69) is 0 Å². The lowest BCUT2D eigenvalue weighted by atomic mass is 10.2. The number of para-hydroxylation sites is 1. The van der Waals surface area contributed by atoms with Crippen molar-refractivity contribution in [2.24, 2.45) is 0 Å². The molecule has 1 fully saturated rings. The monoisotopic (exact) mass is 272 g/mol. The van der Waals surface area contributed by atoms with Gasteiger partial charge in [0.05, 0.1) is 4.58 Å². The first-order valence-electron chi connectivity index (χ1n) is 4.85. The molecule has 0 atom stereocenters. The van der Waals surface area contributed by atoms with Crippen molar-refractivity contribution < 1.29 is 9.53 Å². The number of hydrogen-bond acceptors (Lipinski definition) is 5. The molecule has 1 aromatic rings. The summed E-state index contributed by atoms with van der Waals surface area (Å²) in [5, 5.41) is 2.21. The molecule has 2 nitrogen and oxygen atoms in total. The minimum atomic E-state index is -0.257. The summed E-state index contributed by atoms with van der Waals surface area (Å²) in [6.07, 6.45) is 0. The van der Waals surface area contributed by atoms with Gasteiger partial charge >= 0.3 is 5.97 Å². The lowest BCUT2D eigenvalue weighted by Gasteiger charge is -2.22. The van der Waals surface area contributed by atoms with Crippen molar-refractivity contribution in [3.63, 3.8) is 0 Å². The highest BCUT2D eigenvalue weighted by atomic mass is 32.3. The molecule has 5 heteroatoms. The van der Waals surface area contributed by atoms with Gasteiger partial charge in [0.1, 0.15) is 5.75 Å². The standard InChI is InChI=1S/C11H12O2S3/c1-8(12)13-10-5-3-2-4-9(10)11-15-6-14-7-16-11/h2-5,11H,6-7H2,1H3. The molecule has 86 valence electrons. The number of rotatable bonds is 2. The maximum absolute atomic E-state index is 11.0. The number of hydrogen-bond donors (Lipinski definition) is 0. The summed E-state index contributed by atoms with van der Waals surface area (Å²) in [6.45, 7) is 1.44. The zero-order valence-electron chi connectivity index (χ0n) is 8.84. The molecular weight excluding hydrogens is 260 g/mol. The van der Waals surface area contributed by atoms with Gasteiger partial charge in [-0.2, -0.15) is 0 Å². The number of ether oxygens (including phenoxy) is 1. The Morgan fingerprint density at radius 1 is 1.31 bits per heavy atom. The molecular formula is C11H12O2S3. The number of carbonyl (C=O) groups is 1. The first kappa shape index (κ1) is 12.2. The molecule has 0 aliphatic carbocycles. The number of carbonyl (C=O) groups excluding carboxylic acids is 1. The molecule has 0 saturated carbocycles. The quantitative estimate of drug-likeness (QED) is 0.603. The highest BCUT2D eigenvalue weighted by Gasteiger charge is 2.20. The zero-order valence-corrected chi connectivity index (χ0v) is 11.3. The van der Waals surface area contributed by atoms with E-state index >= 15 is 0 Å². The van der Waals surface area contributed by atoms with E-state index < -0.39 is 0 Å². The Morgan fingerprint density at radius 3 is 2.69 bits per heavy atom. The van der Waals surface area contributed by atoms with Crippen molar-refractivity contribution in [1.29, 1.82) is 0 Å². The highest BCUT2D eigenvalue weighted by molar-refractivity contribution is 8.32. The number of benzene rings is 1. The Hall–Kier alpha value is -0.260. The molecule has 0 aromatic heterocycles. The van der Waals surface area contributed by atoms with Gasteiger partial charge in [0.2, 0.25) is 0 Å². The second-order valence-electron chi connectivity index (χ2n) is 3.24. The molecule has 0 radical (unpaired) electrons. The minimum Gasteiger partial charge on any atom is -0.426 e. The normalized spacial score (nSPS) is 17.1. The third kappa shape index (κ3) is 3.12. The van der Waals surface area contributed by atoms with Gasteiger partial charge in [0.15, 0.2) is 0 Å². The predicted molar refractivity (Wildman–Crippen MR) is 73.0 cm³/mol. The van der Waals surface area contributed by atoms with Crippen LogP contribution in [0.5, 0.6) is 5.75 Å². The molecule has 1 aliphatic rings. The second kappa shape index (κ2) is 5.89. The Bertz CT molecular complexity index is 375. The Balaban J connectivity index is 2.20. The van der Waals surface area contributed by atoms with Crippen LogP contribution < -0.4 is 4.74 Å². The summed E-state index contributed by atoms with van der Waals surface area (Å²) in [6, 6.07) is 7.79. The van der Waals surface area contributed by atoms with Gasteiger partial charge in [-0.25, -0.2) is 0 Å². The first-order valence-corrected chi connectivity index (χ1v) is 8.11. The van der Waals surface area contributed by atoms with E-state index in [4.69, 9.17) is 4.74 Å². The van der Waals surface area contributed by atoms with Gasteiger partial charge in [-0.05, 0) is 6.07 Å². The summed E-state index contributed by atoms with van der Waals surface area (Å²) in [7, 11) is 0. The lowest BCUT2D eigenvalue weighted by Crippen LogP contribution is -2.05. The van der Waals surface area contributed by atoms with Crippen LogP contribution in [0.3, 0.4) is 0 Å². The van der Waals surface area contributed by atoms with E-state index in [9.17, 15) is 4.79 Å². The molecule has 0 spiro atoms. The summed E-state index contributed by atoms with van der Waals surface area (Å²) >= 11 is 5.72. The van der Waals surface area contributed by atoms with E-state index in [0.29, 0.717) is 10.3 Å². The fourth-order valence-electron chi connectivity index (χ4n) is 1.40. The minimum absolute atomic E-state index is 0.257. The SMILES string of the molecule is CC(=O)Oc1ccccc1C1SCSCS1. The number of thioether (sulfide) groups is 3. The smallest absolute Gasteiger partial charge is 0.308 e. The van der Waals surface area contributed by atoms with E-state index in [1.807, 2.05) is 59.6 Å². The van der Waals surface area contributed by atoms with Crippen LogP contribution >= 0.6 is 35.3 Å². The fourth-order valence-corrected chi connectivity index (χ4v) is 6.18. The summed E-state index contributed by atoms with van der Waals surface area (Å²) in [5.41, 5.74) is 1.12. The van der Waals surface area contributed by atoms with E-state index in [-0.39, 0.29) is 5.97 Å². The van der Waals surface area contributed by atoms with Crippen LogP contribution in [0.15, 0.2) is 24.3 Å². The molecule has 0 N–H and O–H groups in total. The van der Waals surface area contributed by atoms with Crippen molar-refractivity contribution in [3.8, 4) is 5.75 Å². The second-order valence-corrected chi connectivity index (χ2v) is 7.44. The first-order chi connectivity index (χ1) is 7.77. The number of esters is 1. The van der Waals surface area contributed by atoms with Gasteiger partial charge in [-0.3, -0.25) is 4.79 Å². The van der Waals surface area contributed by atoms with Gasteiger partial charge in [0.25, 0.3) is 0 Å². The Labute approximate surface area is 108 Å². The lowest BCUT2D eigenvalue weighted by molar-refractivity contribution is -0.131. The average Bonchev–Trinajstić information content (AvgIpc) is 2.30. The Kier molecular flexibility index (Phi) is 4.49. The van der Waals surface area contributed by atoms with Crippen molar-refractivity contribution in [3.05, 3.63) is 29.8 Å². The fraction of sp³-hybridized carbons (Fsp3) is 0.364. The van der Waals surface area contributed by atoms with Gasteiger partial charge in [-0.15, -0.1) is 35.3 Å². The van der Waals surface area contributed by atoms with Gasteiger partial charge in [-0.1, -0.05) is 18.2 Å². The van der Waals surface area contributed by atoms with Crippen molar-refractivity contribution in [2.45, 2.75) is 11.5 Å². The third-order valence-corrected chi connectivity index (χ3v) is 6.38. The molecule has 1 saturated heterocycles. The molecule has 0 bridgehead atoms. The molecule has 1 heterocycles. The van der Waals surface area contributed by atoms with Crippen LogP contribution in [-0.4, -0.2) is 16.1 Å². The summed E-state index contributed by atoms with van der Waals surface area (Å²) in [5.74, 6) is 0.444. The van der Waals surface area contributed by atoms with Crippen LogP contribution in [-0.2, 0) is 4.79 Å². The average molecular weight is 272 g/mol. The van der Waals surface area contributed by atoms with E-state index in [1.54, 1.807) is 0 Å². The van der Waals surface area contributed by atoms with Gasteiger partial charge in [0, 0.05) is 22.7 Å². The summed E-state index contributed by atoms with van der Waals surface area (Å²) in [4.78, 5) is 11.0. The molecule has 0 amide bonds. The Morgan fingerprint density at radius 2 is 2.00 bits per heavy atom. The van der Waals surface area contributed by atoms with Crippen LogP contribution in [0.2, 0.25) is 0 Å². The van der Waals surface area contributed by atoms with E-state index in [1.165, 1.54) is 6.92 Å². The maximum Gasteiger partial charge on any atom is 0.308 e. The van der Waals surface area contributed by atoms with E-state index in [0.717, 1.165) is 15.7 Å². The molecule has 1 aromatic carbocycles. The van der Waals surface area contributed by atoms with Crippen LogP contribution in [0, 0.1) is 0 Å². The maximum atomic E-state index is 11.0. The summed E-state index contributed by atoms with van der Waals surface area (Å²) < 4.78 is 5.61. The largest absolute Gasteiger partial charge is 0.426 e. The molecule has 1 aliphatic heterocycles. The molecule has 2 rings (SSSR count). The zero-order chi connectivity index (χ0) is 11.4. The van der Waals surface area contributed by atoms with Gasteiger partial charge < -0.3 is 4.74 Å². The molecule has 16 heavy (non-hydrogen) atoms.